The molecule has 1 N–H and O–H groups in total. The molecule has 0 saturated heterocycles. The van der Waals surface area contributed by atoms with Gasteiger partial charge in [0.05, 0.1) is 5.69 Å². The molecule has 0 aliphatic carbocycles. The van der Waals surface area contributed by atoms with Gasteiger partial charge in [0.15, 0.2) is 5.13 Å². The predicted molar refractivity (Wildman–Crippen MR) is 63.1 cm³/mol. The van der Waals surface area contributed by atoms with Crippen LogP contribution in [0.15, 0.2) is 22.2 Å². The standard InChI is InChI=1S/C10H12N2S2/c1-2-9-7-14-10(12-9)11-5-8-3-4-13-6-8/h3-4,6-7H,2,5H2,1H3,(H,11,12). The molecule has 2 aromatic heterocycles. The van der Waals surface area contributed by atoms with Crippen LogP contribution in [0.25, 0.3) is 0 Å². The molecule has 2 aromatic rings. The third kappa shape index (κ3) is 2.33. The fourth-order valence-corrected chi connectivity index (χ4v) is 2.58. The largest absolute Gasteiger partial charge is 0.357 e. The Labute approximate surface area is 91.6 Å². The van der Waals surface area contributed by atoms with Crippen molar-refractivity contribution in [1.82, 2.24) is 4.98 Å². The number of aromatic nitrogens is 1. The quantitative estimate of drug-likeness (QED) is 0.861. The van der Waals surface area contributed by atoms with Gasteiger partial charge in [-0.2, -0.15) is 11.3 Å². The van der Waals surface area contributed by atoms with Crippen molar-refractivity contribution < 1.29 is 0 Å². The molecular weight excluding hydrogens is 212 g/mol. The summed E-state index contributed by atoms with van der Waals surface area (Å²) in [5.74, 6) is 0. The van der Waals surface area contributed by atoms with E-state index in [1.165, 1.54) is 11.3 Å². The van der Waals surface area contributed by atoms with E-state index in [9.17, 15) is 0 Å². The van der Waals surface area contributed by atoms with Crippen molar-refractivity contribution in [2.24, 2.45) is 0 Å². The van der Waals surface area contributed by atoms with Gasteiger partial charge in [0.2, 0.25) is 0 Å². The molecule has 14 heavy (non-hydrogen) atoms. The van der Waals surface area contributed by atoms with E-state index in [0.29, 0.717) is 0 Å². The Kier molecular flexibility index (Phi) is 3.16. The average Bonchev–Trinajstić information content (AvgIpc) is 2.86. The lowest BCUT2D eigenvalue weighted by Gasteiger charge is -1.98. The number of anilines is 1. The zero-order valence-corrected chi connectivity index (χ0v) is 9.62. The summed E-state index contributed by atoms with van der Waals surface area (Å²) in [5.41, 5.74) is 2.49. The van der Waals surface area contributed by atoms with Crippen LogP contribution in [0.2, 0.25) is 0 Å². The fraction of sp³-hybridized carbons (Fsp3) is 0.300. The normalized spacial score (nSPS) is 10.4. The van der Waals surface area contributed by atoms with Gasteiger partial charge in [-0.1, -0.05) is 6.92 Å². The first-order valence-electron chi connectivity index (χ1n) is 4.58. The van der Waals surface area contributed by atoms with Gasteiger partial charge in [-0.15, -0.1) is 11.3 Å². The Morgan fingerprint density at radius 1 is 1.43 bits per heavy atom. The number of hydrogen-bond acceptors (Lipinski definition) is 4. The molecule has 4 heteroatoms. The molecule has 0 radical (unpaired) electrons. The van der Waals surface area contributed by atoms with Crippen molar-refractivity contribution in [2.75, 3.05) is 5.32 Å². The van der Waals surface area contributed by atoms with Crippen molar-refractivity contribution in [3.8, 4) is 0 Å². The number of nitrogens with one attached hydrogen (secondary N) is 1. The van der Waals surface area contributed by atoms with E-state index >= 15 is 0 Å². The summed E-state index contributed by atoms with van der Waals surface area (Å²) in [4.78, 5) is 4.44. The van der Waals surface area contributed by atoms with Crippen molar-refractivity contribution in [2.45, 2.75) is 19.9 Å². The maximum Gasteiger partial charge on any atom is 0.183 e. The van der Waals surface area contributed by atoms with Gasteiger partial charge < -0.3 is 5.32 Å². The van der Waals surface area contributed by atoms with Crippen molar-refractivity contribution in [3.05, 3.63) is 33.5 Å². The van der Waals surface area contributed by atoms with E-state index in [-0.39, 0.29) is 0 Å². The second-order valence-corrected chi connectivity index (χ2v) is 4.62. The number of aryl methyl sites for hydroxylation is 1. The van der Waals surface area contributed by atoms with Crippen LogP contribution in [0.1, 0.15) is 18.2 Å². The molecule has 0 aromatic carbocycles. The molecule has 0 fully saturated rings. The Morgan fingerprint density at radius 2 is 2.36 bits per heavy atom. The van der Waals surface area contributed by atoms with E-state index in [4.69, 9.17) is 0 Å². The summed E-state index contributed by atoms with van der Waals surface area (Å²) < 4.78 is 0. The molecule has 74 valence electrons. The highest BCUT2D eigenvalue weighted by molar-refractivity contribution is 7.13. The highest BCUT2D eigenvalue weighted by Gasteiger charge is 1.99. The number of hydrogen-bond donors (Lipinski definition) is 1. The zero-order valence-electron chi connectivity index (χ0n) is 7.99. The van der Waals surface area contributed by atoms with Crippen LogP contribution in [0.5, 0.6) is 0 Å². The molecular formula is C10H12N2S2. The Balaban J connectivity index is 1.92. The molecule has 0 saturated carbocycles. The molecule has 2 heterocycles. The van der Waals surface area contributed by atoms with Crippen LogP contribution in [0.4, 0.5) is 5.13 Å². The lowest BCUT2D eigenvalue weighted by atomic mass is 10.3. The third-order valence-corrected chi connectivity index (χ3v) is 3.52. The van der Waals surface area contributed by atoms with Gasteiger partial charge in [-0.25, -0.2) is 4.98 Å². The highest BCUT2D eigenvalue weighted by atomic mass is 32.1. The molecule has 0 atom stereocenters. The van der Waals surface area contributed by atoms with E-state index < -0.39 is 0 Å². The molecule has 2 nitrogen and oxygen atoms in total. The topological polar surface area (TPSA) is 24.9 Å². The monoisotopic (exact) mass is 224 g/mol. The van der Waals surface area contributed by atoms with Crippen LogP contribution in [-0.2, 0) is 13.0 Å². The minimum atomic E-state index is 0.875. The maximum atomic E-state index is 4.44. The smallest absolute Gasteiger partial charge is 0.183 e. The van der Waals surface area contributed by atoms with E-state index in [0.717, 1.165) is 18.1 Å². The number of thiophene rings is 1. The van der Waals surface area contributed by atoms with Crippen LogP contribution < -0.4 is 5.32 Å². The minimum absolute atomic E-state index is 0.875. The Hall–Kier alpha value is -0.870. The van der Waals surface area contributed by atoms with Gasteiger partial charge in [0.25, 0.3) is 0 Å². The Morgan fingerprint density at radius 3 is 3.00 bits per heavy atom. The van der Waals surface area contributed by atoms with Gasteiger partial charge in [-0.05, 0) is 28.8 Å². The first kappa shape index (κ1) is 9.68. The van der Waals surface area contributed by atoms with Gasteiger partial charge in [0.1, 0.15) is 0 Å². The lowest BCUT2D eigenvalue weighted by molar-refractivity contribution is 1.05. The van der Waals surface area contributed by atoms with Crippen LogP contribution in [-0.4, -0.2) is 4.98 Å². The average molecular weight is 224 g/mol. The molecule has 0 aliphatic heterocycles. The number of thiazole rings is 1. The minimum Gasteiger partial charge on any atom is -0.357 e. The molecule has 0 amide bonds. The van der Waals surface area contributed by atoms with Crippen molar-refractivity contribution in [1.29, 1.82) is 0 Å². The summed E-state index contributed by atoms with van der Waals surface area (Å²) in [7, 11) is 0. The number of nitrogens with zero attached hydrogens (tertiary/aromatic N) is 1. The van der Waals surface area contributed by atoms with Crippen LogP contribution >= 0.6 is 22.7 Å². The number of rotatable bonds is 4. The van der Waals surface area contributed by atoms with Crippen LogP contribution in [0, 0.1) is 0 Å². The second kappa shape index (κ2) is 4.57. The van der Waals surface area contributed by atoms with Gasteiger partial charge in [0, 0.05) is 11.9 Å². The Bertz CT molecular complexity index is 378. The van der Waals surface area contributed by atoms with Crippen molar-refractivity contribution in [3.63, 3.8) is 0 Å². The van der Waals surface area contributed by atoms with E-state index in [2.05, 4.69) is 39.4 Å². The summed E-state index contributed by atoms with van der Waals surface area (Å²) in [6.45, 7) is 3.00. The first-order valence-corrected chi connectivity index (χ1v) is 6.40. The summed E-state index contributed by atoms with van der Waals surface area (Å²) in [6.07, 6.45) is 1.01. The molecule has 2 rings (SSSR count). The van der Waals surface area contributed by atoms with Gasteiger partial charge >= 0.3 is 0 Å². The maximum absolute atomic E-state index is 4.44. The SMILES string of the molecule is CCc1csc(NCc2ccsc2)n1. The molecule has 0 bridgehead atoms. The fourth-order valence-electron chi connectivity index (χ4n) is 1.12. The highest BCUT2D eigenvalue weighted by Crippen LogP contribution is 2.17. The predicted octanol–water partition coefficient (Wildman–Crippen LogP) is 3.38. The second-order valence-electron chi connectivity index (χ2n) is 2.98. The molecule has 0 aliphatic rings. The third-order valence-electron chi connectivity index (χ3n) is 1.94. The summed E-state index contributed by atoms with van der Waals surface area (Å²) >= 11 is 3.40. The zero-order chi connectivity index (χ0) is 9.80. The first-order chi connectivity index (χ1) is 6.88. The molecule has 0 unspecified atom stereocenters. The van der Waals surface area contributed by atoms with E-state index in [1.54, 1.807) is 22.7 Å². The van der Waals surface area contributed by atoms with Gasteiger partial charge in [-0.3, -0.25) is 0 Å². The van der Waals surface area contributed by atoms with Crippen LogP contribution in [0.3, 0.4) is 0 Å². The summed E-state index contributed by atoms with van der Waals surface area (Å²) in [6, 6.07) is 2.13. The van der Waals surface area contributed by atoms with Crippen molar-refractivity contribution >= 4 is 27.8 Å². The lowest BCUT2D eigenvalue weighted by Crippen LogP contribution is -1.97. The van der Waals surface area contributed by atoms with E-state index in [1.807, 2.05) is 0 Å². The summed E-state index contributed by atoms with van der Waals surface area (Å²) in [5, 5.41) is 10.7. The molecule has 0 spiro atoms.